The Hall–Kier alpha value is -0.710. The minimum absolute atomic E-state index is 0.131. The van der Waals surface area contributed by atoms with Crippen LogP contribution in [0.4, 0.5) is 0 Å². The molecule has 1 aliphatic rings. The summed E-state index contributed by atoms with van der Waals surface area (Å²) in [7, 11) is 0. The molecule has 0 saturated carbocycles. The van der Waals surface area contributed by atoms with Gasteiger partial charge in [-0.2, -0.15) is 0 Å². The van der Waals surface area contributed by atoms with Crippen LogP contribution in [-0.4, -0.2) is 18.5 Å². The summed E-state index contributed by atoms with van der Waals surface area (Å²) >= 11 is 5.12. The number of Topliss-reactive ketones (excluding diaryl/α,β-unsaturated/α-hetero) is 1. The van der Waals surface area contributed by atoms with Crippen molar-refractivity contribution in [2.45, 2.75) is 18.9 Å². The molecule has 17 heavy (non-hydrogen) atoms. The van der Waals surface area contributed by atoms with Gasteiger partial charge in [0.05, 0.1) is 0 Å². The van der Waals surface area contributed by atoms with Crippen LogP contribution in [0.25, 0.3) is 10.1 Å². The lowest BCUT2D eigenvalue weighted by Gasteiger charge is -2.06. The fourth-order valence-electron chi connectivity index (χ4n) is 2.17. The van der Waals surface area contributed by atoms with E-state index in [0.717, 1.165) is 33.0 Å². The summed E-state index contributed by atoms with van der Waals surface area (Å²) in [5.41, 5.74) is 0.804. The molecule has 0 N–H and O–H groups in total. The summed E-state index contributed by atoms with van der Waals surface area (Å²) in [5.74, 6) is 0.131. The fourth-order valence-corrected chi connectivity index (χ4v) is 3.78. The van der Waals surface area contributed by atoms with E-state index in [4.69, 9.17) is 4.74 Å². The highest BCUT2D eigenvalue weighted by Gasteiger charge is 2.26. The van der Waals surface area contributed by atoms with Crippen molar-refractivity contribution in [1.29, 1.82) is 0 Å². The second-order valence-electron chi connectivity index (χ2n) is 4.13. The second kappa shape index (κ2) is 4.52. The molecule has 2 nitrogen and oxygen atoms in total. The molecular formula is C13H11BrO2S. The first-order valence-electron chi connectivity index (χ1n) is 5.59. The van der Waals surface area contributed by atoms with Crippen LogP contribution in [0.5, 0.6) is 0 Å². The van der Waals surface area contributed by atoms with Crippen LogP contribution in [0.2, 0.25) is 0 Å². The maximum atomic E-state index is 12.3. The largest absolute Gasteiger partial charge is 0.370 e. The SMILES string of the molecule is O=C(c1csc2c(Br)cccc12)C1CCCO1. The Morgan fingerprint density at radius 3 is 3.12 bits per heavy atom. The van der Waals surface area contributed by atoms with Gasteiger partial charge in [0.15, 0.2) is 5.78 Å². The summed E-state index contributed by atoms with van der Waals surface area (Å²) in [6.07, 6.45) is 1.61. The number of carbonyl (C=O) groups excluding carboxylic acids is 1. The van der Waals surface area contributed by atoms with Crippen LogP contribution in [-0.2, 0) is 4.74 Å². The van der Waals surface area contributed by atoms with Crippen LogP contribution in [0.3, 0.4) is 0 Å². The normalized spacial score (nSPS) is 19.9. The first-order chi connectivity index (χ1) is 8.27. The number of ketones is 1. The van der Waals surface area contributed by atoms with Gasteiger partial charge in [0.25, 0.3) is 0 Å². The zero-order valence-electron chi connectivity index (χ0n) is 9.11. The van der Waals surface area contributed by atoms with Gasteiger partial charge in [-0.1, -0.05) is 12.1 Å². The zero-order valence-corrected chi connectivity index (χ0v) is 11.5. The third-order valence-electron chi connectivity index (χ3n) is 3.04. The van der Waals surface area contributed by atoms with E-state index >= 15 is 0 Å². The smallest absolute Gasteiger partial charge is 0.193 e. The minimum Gasteiger partial charge on any atom is -0.370 e. The summed E-state index contributed by atoms with van der Waals surface area (Å²) < 4.78 is 7.64. The number of hydrogen-bond donors (Lipinski definition) is 0. The standard InChI is InChI=1S/C13H11BrO2S/c14-10-4-1-3-8-9(7-17-13(8)10)12(15)11-5-2-6-16-11/h1,3-4,7,11H,2,5-6H2. The van der Waals surface area contributed by atoms with E-state index in [9.17, 15) is 4.79 Å². The van der Waals surface area contributed by atoms with Crippen molar-refractivity contribution >= 4 is 43.1 Å². The van der Waals surface area contributed by atoms with E-state index in [-0.39, 0.29) is 11.9 Å². The molecule has 88 valence electrons. The van der Waals surface area contributed by atoms with Crippen LogP contribution in [0.1, 0.15) is 23.2 Å². The minimum atomic E-state index is -0.230. The predicted octanol–water partition coefficient (Wildman–Crippen LogP) is 4.03. The Morgan fingerprint density at radius 1 is 1.47 bits per heavy atom. The fraction of sp³-hybridized carbons (Fsp3) is 0.308. The van der Waals surface area contributed by atoms with Crippen molar-refractivity contribution in [3.05, 3.63) is 33.6 Å². The molecule has 1 aromatic heterocycles. The number of rotatable bonds is 2. The number of ether oxygens (including phenoxy) is 1. The highest BCUT2D eigenvalue weighted by atomic mass is 79.9. The van der Waals surface area contributed by atoms with E-state index < -0.39 is 0 Å². The van der Waals surface area contributed by atoms with Crippen molar-refractivity contribution in [3.63, 3.8) is 0 Å². The van der Waals surface area contributed by atoms with Gasteiger partial charge in [-0.3, -0.25) is 4.79 Å². The van der Waals surface area contributed by atoms with Crippen molar-refractivity contribution in [3.8, 4) is 0 Å². The van der Waals surface area contributed by atoms with Gasteiger partial charge in [-0.05, 0) is 34.8 Å². The van der Waals surface area contributed by atoms with Gasteiger partial charge < -0.3 is 4.74 Å². The van der Waals surface area contributed by atoms with Crippen LogP contribution in [0, 0.1) is 0 Å². The van der Waals surface area contributed by atoms with E-state index in [1.54, 1.807) is 11.3 Å². The molecule has 1 aromatic carbocycles. The van der Waals surface area contributed by atoms with E-state index in [1.807, 2.05) is 23.6 Å². The van der Waals surface area contributed by atoms with Crippen molar-refractivity contribution < 1.29 is 9.53 Å². The Labute approximate surface area is 112 Å². The number of hydrogen-bond acceptors (Lipinski definition) is 3. The third kappa shape index (κ3) is 1.94. The predicted molar refractivity (Wildman–Crippen MR) is 72.8 cm³/mol. The molecule has 3 rings (SSSR count). The van der Waals surface area contributed by atoms with Crippen molar-refractivity contribution in [1.82, 2.24) is 0 Å². The monoisotopic (exact) mass is 310 g/mol. The van der Waals surface area contributed by atoms with E-state index in [0.29, 0.717) is 6.61 Å². The molecule has 0 spiro atoms. The molecule has 1 unspecified atom stereocenters. The molecule has 2 heterocycles. The highest BCUT2D eigenvalue weighted by molar-refractivity contribution is 9.10. The van der Waals surface area contributed by atoms with Crippen LogP contribution in [0.15, 0.2) is 28.1 Å². The molecule has 0 amide bonds. The van der Waals surface area contributed by atoms with Gasteiger partial charge in [0.2, 0.25) is 0 Å². The van der Waals surface area contributed by atoms with Gasteiger partial charge in [-0.25, -0.2) is 0 Å². The highest BCUT2D eigenvalue weighted by Crippen LogP contribution is 2.33. The molecule has 2 aromatic rings. The van der Waals surface area contributed by atoms with Crippen LogP contribution < -0.4 is 0 Å². The topological polar surface area (TPSA) is 26.3 Å². The first-order valence-corrected chi connectivity index (χ1v) is 7.26. The van der Waals surface area contributed by atoms with Gasteiger partial charge in [-0.15, -0.1) is 11.3 Å². The Morgan fingerprint density at radius 2 is 2.35 bits per heavy atom. The van der Waals surface area contributed by atoms with E-state index in [1.165, 1.54) is 0 Å². The van der Waals surface area contributed by atoms with Gasteiger partial charge in [0, 0.05) is 32.1 Å². The molecule has 0 aliphatic carbocycles. The van der Waals surface area contributed by atoms with Crippen molar-refractivity contribution in [2.24, 2.45) is 0 Å². The maximum Gasteiger partial charge on any atom is 0.193 e. The lowest BCUT2D eigenvalue weighted by Crippen LogP contribution is -2.18. The molecule has 1 saturated heterocycles. The number of halogens is 1. The Kier molecular flexibility index (Phi) is 3.03. The lowest BCUT2D eigenvalue weighted by atomic mass is 10.0. The lowest BCUT2D eigenvalue weighted by molar-refractivity contribution is 0.0645. The summed E-state index contributed by atoms with van der Waals surface area (Å²) in [6.45, 7) is 0.710. The summed E-state index contributed by atoms with van der Waals surface area (Å²) in [6, 6.07) is 5.96. The molecule has 4 heteroatoms. The molecule has 1 fully saturated rings. The first kappa shape index (κ1) is 11.4. The average molecular weight is 311 g/mol. The third-order valence-corrected chi connectivity index (χ3v) is 4.99. The average Bonchev–Trinajstić information content (AvgIpc) is 2.98. The Balaban J connectivity index is 2.05. The van der Waals surface area contributed by atoms with E-state index in [2.05, 4.69) is 15.9 Å². The molecule has 0 bridgehead atoms. The molecule has 1 atom stereocenters. The number of fused-ring (bicyclic) bond motifs is 1. The maximum absolute atomic E-state index is 12.3. The number of carbonyl (C=O) groups is 1. The quantitative estimate of drug-likeness (QED) is 0.783. The van der Waals surface area contributed by atoms with Crippen LogP contribution >= 0.6 is 27.3 Å². The molecular weight excluding hydrogens is 300 g/mol. The second-order valence-corrected chi connectivity index (χ2v) is 5.87. The van der Waals surface area contributed by atoms with Gasteiger partial charge >= 0.3 is 0 Å². The summed E-state index contributed by atoms with van der Waals surface area (Å²) in [4.78, 5) is 12.3. The molecule has 1 aliphatic heterocycles. The molecule has 0 radical (unpaired) electrons. The zero-order chi connectivity index (χ0) is 11.8. The van der Waals surface area contributed by atoms with Gasteiger partial charge in [0.1, 0.15) is 6.10 Å². The number of thiophene rings is 1. The summed E-state index contributed by atoms with van der Waals surface area (Å²) in [5, 5.41) is 2.98. The Bertz CT molecular complexity index is 570. The van der Waals surface area contributed by atoms with Crippen molar-refractivity contribution in [2.75, 3.05) is 6.61 Å². The number of benzene rings is 1.